The van der Waals surface area contributed by atoms with Crippen LogP contribution in [0, 0.1) is 11.8 Å². The van der Waals surface area contributed by atoms with Gasteiger partial charge >= 0.3 is 5.97 Å². The van der Waals surface area contributed by atoms with E-state index in [0.717, 1.165) is 0 Å². The molecule has 2 rings (SSSR count). The van der Waals surface area contributed by atoms with Crippen molar-refractivity contribution in [2.24, 2.45) is 11.8 Å². The number of likely N-dealkylation sites (N-methyl/N-ethyl adjacent to an activating group) is 2. The number of esters is 1. The van der Waals surface area contributed by atoms with Gasteiger partial charge in [-0.2, -0.15) is 0 Å². The first-order chi connectivity index (χ1) is 19.6. The lowest BCUT2D eigenvalue weighted by atomic mass is 9.97. The highest BCUT2D eigenvalue weighted by Gasteiger charge is 2.42. The van der Waals surface area contributed by atoms with E-state index in [1.165, 1.54) is 35.7 Å². The Morgan fingerprint density at radius 1 is 0.929 bits per heavy atom. The van der Waals surface area contributed by atoms with Crippen LogP contribution < -0.4 is 10.6 Å². The number of ether oxygens (including phenoxy) is 1. The second kappa shape index (κ2) is 15.3. The van der Waals surface area contributed by atoms with Crippen LogP contribution in [0.5, 0.6) is 0 Å². The topological polar surface area (TPSA) is 186 Å². The average Bonchev–Trinajstić information content (AvgIpc) is 3.43. The second-order valence-corrected chi connectivity index (χ2v) is 11.8. The van der Waals surface area contributed by atoms with E-state index in [-0.39, 0.29) is 31.3 Å². The van der Waals surface area contributed by atoms with E-state index in [1.54, 1.807) is 27.7 Å². The summed E-state index contributed by atoms with van der Waals surface area (Å²) in [6, 6.07) is -3.86. The molecule has 5 amide bonds. The molecular formula is C28H47N5O9. The zero-order valence-electron chi connectivity index (χ0n) is 25.7. The maximum Gasteiger partial charge on any atom is 0.308 e. The van der Waals surface area contributed by atoms with Gasteiger partial charge in [0.15, 0.2) is 6.10 Å². The first-order valence-electron chi connectivity index (χ1n) is 14.5. The SMILES string of the molecule is CC(C)[C@@H]1NC(=O)[C@@H]2CCCN2C(=O)[C@@H](C[C@@H](O)CO)OC(=O)CCNC(=O)[C@H](C)N(C)C(=O)[C@H](C(C)C)N(C)C1=O. The van der Waals surface area contributed by atoms with Crippen molar-refractivity contribution in [1.29, 1.82) is 0 Å². The number of hydrogen-bond donors (Lipinski definition) is 4. The normalized spacial score (nSPS) is 28.6. The van der Waals surface area contributed by atoms with E-state index in [0.29, 0.717) is 12.8 Å². The number of aliphatic hydroxyl groups is 2. The van der Waals surface area contributed by atoms with Crippen LogP contribution >= 0.6 is 0 Å². The summed E-state index contributed by atoms with van der Waals surface area (Å²) in [5.74, 6) is -4.31. The fourth-order valence-corrected chi connectivity index (χ4v) is 5.25. The van der Waals surface area contributed by atoms with Crippen molar-refractivity contribution in [3.8, 4) is 0 Å². The maximum absolute atomic E-state index is 13.8. The van der Waals surface area contributed by atoms with Crippen molar-refractivity contribution in [2.45, 2.75) is 96.7 Å². The van der Waals surface area contributed by atoms with Gasteiger partial charge in [-0.3, -0.25) is 28.8 Å². The molecule has 0 radical (unpaired) electrons. The molecule has 0 saturated carbocycles. The largest absolute Gasteiger partial charge is 0.452 e. The number of rotatable bonds is 5. The summed E-state index contributed by atoms with van der Waals surface area (Å²) in [6.07, 6.45) is -2.75. The fraction of sp³-hybridized carbons (Fsp3) is 0.786. The monoisotopic (exact) mass is 597 g/mol. The number of fused-ring (bicyclic) bond motifs is 1. The van der Waals surface area contributed by atoms with Gasteiger partial charge in [0, 0.05) is 33.6 Å². The molecule has 2 aliphatic rings. The van der Waals surface area contributed by atoms with Gasteiger partial charge in [0.2, 0.25) is 23.6 Å². The number of hydrogen-bond acceptors (Lipinski definition) is 9. The highest BCUT2D eigenvalue weighted by molar-refractivity contribution is 5.96. The molecule has 0 aromatic heterocycles. The predicted octanol–water partition coefficient (Wildman–Crippen LogP) is -1.38. The molecule has 42 heavy (non-hydrogen) atoms. The number of amides is 5. The Morgan fingerprint density at radius 3 is 2.14 bits per heavy atom. The quantitative estimate of drug-likeness (QED) is 0.277. The van der Waals surface area contributed by atoms with Crippen LogP contribution in [0.25, 0.3) is 0 Å². The van der Waals surface area contributed by atoms with Crippen molar-refractivity contribution in [3.63, 3.8) is 0 Å². The van der Waals surface area contributed by atoms with E-state index in [4.69, 9.17) is 4.74 Å². The van der Waals surface area contributed by atoms with Gasteiger partial charge in [-0.15, -0.1) is 0 Å². The van der Waals surface area contributed by atoms with Crippen molar-refractivity contribution in [2.75, 3.05) is 33.8 Å². The fourth-order valence-electron chi connectivity index (χ4n) is 5.25. The van der Waals surface area contributed by atoms with Gasteiger partial charge in [0.25, 0.3) is 5.91 Å². The summed E-state index contributed by atoms with van der Waals surface area (Å²) >= 11 is 0. The molecule has 4 N–H and O–H groups in total. The smallest absolute Gasteiger partial charge is 0.308 e. The molecule has 2 heterocycles. The van der Waals surface area contributed by atoms with E-state index in [1.807, 2.05) is 0 Å². The minimum Gasteiger partial charge on any atom is -0.452 e. The van der Waals surface area contributed by atoms with Crippen LogP contribution in [-0.2, 0) is 33.5 Å². The molecule has 0 aromatic carbocycles. The first kappa shape index (κ1) is 34.9. The lowest BCUT2D eigenvalue weighted by molar-refractivity contribution is -0.163. The summed E-state index contributed by atoms with van der Waals surface area (Å²) in [7, 11) is 2.94. The van der Waals surface area contributed by atoms with Crippen LogP contribution in [0.15, 0.2) is 0 Å². The third-order valence-electron chi connectivity index (χ3n) is 7.90. The summed E-state index contributed by atoms with van der Waals surface area (Å²) in [5.41, 5.74) is 0. The molecule has 6 atom stereocenters. The number of carbonyl (C=O) groups is 6. The molecule has 14 nitrogen and oxygen atoms in total. The Hall–Kier alpha value is -3.26. The van der Waals surface area contributed by atoms with Crippen LogP contribution in [0.4, 0.5) is 0 Å². The highest BCUT2D eigenvalue weighted by atomic mass is 16.5. The Bertz CT molecular complexity index is 1020. The molecule has 0 bridgehead atoms. The third kappa shape index (κ3) is 8.40. The summed E-state index contributed by atoms with van der Waals surface area (Å²) in [4.78, 5) is 83.6. The molecule has 0 aliphatic carbocycles. The van der Waals surface area contributed by atoms with E-state index >= 15 is 0 Å². The second-order valence-electron chi connectivity index (χ2n) is 11.8. The number of carbonyl (C=O) groups excluding carboxylic acids is 6. The maximum atomic E-state index is 13.8. The lowest BCUT2D eigenvalue weighted by Gasteiger charge is -2.37. The standard InChI is InChI=1S/C28H47N5O9/c1-15(2)22-27(40)32(7)23(16(3)4)28(41)31(6)17(5)24(37)29-11-10-21(36)42-20(13-18(35)14-34)26(39)33-12-8-9-19(33)25(38)30-22/h15-20,22-23,34-35H,8-14H2,1-7H3,(H,29,37)(H,30,38)/t17-,18+,19-,20+,22-,23-/m0/s1. The Kier molecular flexibility index (Phi) is 12.7. The minimum atomic E-state index is -1.48. The molecule has 0 aromatic rings. The number of nitrogens with one attached hydrogen (secondary N) is 2. The van der Waals surface area contributed by atoms with Gasteiger partial charge in [-0.1, -0.05) is 27.7 Å². The zero-order valence-corrected chi connectivity index (χ0v) is 25.7. The summed E-state index contributed by atoms with van der Waals surface area (Å²) in [5, 5.41) is 24.7. The Labute approximate surface area is 247 Å². The predicted molar refractivity (Wildman–Crippen MR) is 150 cm³/mol. The van der Waals surface area contributed by atoms with Crippen molar-refractivity contribution in [1.82, 2.24) is 25.3 Å². The Morgan fingerprint density at radius 2 is 1.57 bits per heavy atom. The summed E-state index contributed by atoms with van der Waals surface area (Å²) < 4.78 is 5.37. The highest BCUT2D eigenvalue weighted by Crippen LogP contribution is 2.23. The molecule has 14 heteroatoms. The molecule has 2 saturated heterocycles. The number of aliphatic hydroxyl groups excluding tert-OH is 2. The van der Waals surface area contributed by atoms with Crippen LogP contribution in [-0.4, -0.2) is 131 Å². The van der Waals surface area contributed by atoms with Crippen LogP contribution in [0.1, 0.15) is 60.3 Å². The van der Waals surface area contributed by atoms with Crippen molar-refractivity contribution < 1.29 is 43.7 Å². The minimum absolute atomic E-state index is 0.148. The molecule has 2 aliphatic heterocycles. The first-order valence-corrected chi connectivity index (χ1v) is 14.5. The average molecular weight is 598 g/mol. The van der Waals surface area contributed by atoms with Gasteiger partial charge < -0.3 is 40.3 Å². The number of cyclic esters (lactones) is 1. The Balaban J connectivity index is 2.51. The molecule has 0 unspecified atom stereocenters. The van der Waals surface area contributed by atoms with Crippen molar-refractivity contribution in [3.05, 3.63) is 0 Å². The van der Waals surface area contributed by atoms with Gasteiger partial charge in [-0.25, -0.2) is 0 Å². The van der Waals surface area contributed by atoms with Crippen LogP contribution in [0.3, 0.4) is 0 Å². The van der Waals surface area contributed by atoms with Crippen LogP contribution in [0.2, 0.25) is 0 Å². The lowest BCUT2D eigenvalue weighted by Crippen LogP contribution is -2.60. The van der Waals surface area contributed by atoms with E-state index < -0.39 is 84.9 Å². The molecular weight excluding hydrogens is 550 g/mol. The van der Waals surface area contributed by atoms with Gasteiger partial charge in [-0.05, 0) is 31.6 Å². The van der Waals surface area contributed by atoms with E-state index in [2.05, 4.69) is 10.6 Å². The molecule has 238 valence electrons. The third-order valence-corrected chi connectivity index (χ3v) is 7.90. The zero-order chi connectivity index (χ0) is 31.9. The summed E-state index contributed by atoms with van der Waals surface area (Å²) in [6.45, 7) is 7.94. The van der Waals surface area contributed by atoms with E-state index in [9.17, 15) is 39.0 Å². The molecule has 2 fully saturated rings. The molecule has 0 spiro atoms. The van der Waals surface area contributed by atoms with Gasteiger partial charge in [0.05, 0.1) is 19.1 Å². The van der Waals surface area contributed by atoms with Crippen molar-refractivity contribution >= 4 is 35.5 Å². The number of nitrogens with zero attached hydrogens (tertiary/aromatic N) is 3. The van der Waals surface area contributed by atoms with Gasteiger partial charge in [0.1, 0.15) is 24.2 Å².